The molecule has 21 heavy (non-hydrogen) atoms. The van der Waals surface area contributed by atoms with Crippen LogP contribution in [0.15, 0.2) is 24.3 Å². The van der Waals surface area contributed by atoms with Crippen LogP contribution in [0.2, 0.25) is 0 Å². The minimum Gasteiger partial charge on any atom is -0.393 e. The van der Waals surface area contributed by atoms with E-state index in [9.17, 15) is 5.11 Å². The second-order valence-corrected chi connectivity index (χ2v) is 7.18. The number of nitrogens with zero attached hydrogens (tertiary/aromatic N) is 3. The molecule has 2 heterocycles. The lowest BCUT2D eigenvalue weighted by atomic mass is 10.0. The molecule has 0 bridgehead atoms. The van der Waals surface area contributed by atoms with E-state index in [2.05, 4.69) is 34.9 Å². The van der Waals surface area contributed by atoms with Gasteiger partial charge in [0.05, 0.1) is 21.3 Å². The molecule has 4 nitrogen and oxygen atoms in total. The number of fused-ring (bicyclic) bond motifs is 1. The first-order valence-electron chi connectivity index (χ1n) is 7.53. The highest BCUT2D eigenvalue weighted by atomic mass is 32.1. The zero-order valence-corrected chi connectivity index (χ0v) is 13.5. The van der Waals surface area contributed by atoms with Crippen molar-refractivity contribution in [3.8, 4) is 0 Å². The average Bonchev–Trinajstić information content (AvgIpc) is 2.84. The van der Waals surface area contributed by atoms with E-state index < -0.39 is 0 Å². The Morgan fingerprint density at radius 1 is 1.33 bits per heavy atom. The first kappa shape index (κ1) is 14.9. The van der Waals surface area contributed by atoms with Gasteiger partial charge in [0.1, 0.15) is 0 Å². The number of hydrogen-bond acceptors (Lipinski definition) is 5. The maximum Gasteiger partial charge on any atom is 0.0964 e. The zero-order chi connectivity index (χ0) is 14.8. The molecule has 1 aliphatic rings. The summed E-state index contributed by atoms with van der Waals surface area (Å²) in [5.74, 6) is 0. The van der Waals surface area contributed by atoms with Crippen LogP contribution in [0.3, 0.4) is 0 Å². The van der Waals surface area contributed by atoms with E-state index in [1.807, 2.05) is 18.2 Å². The summed E-state index contributed by atoms with van der Waals surface area (Å²) < 4.78 is 1.20. The third kappa shape index (κ3) is 3.61. The van der Waals surface area contributed by atoms with Crippen molar-refractivity contribution in [2.24, 2.45) is 0 Å². The van der Waals surface area contributed by atoms with Crippen molar-refractivity contribution in [2.75, 3.05) is 33.7 Å². The monoisotopic (exact) mass is 305 g/mol. The molecule has 0 spiro atoms. The fourth-order valence-corrected chi connectivity index (χ4v) is 4.00. The molecule has 1 aromatic carbocycles. The third-order valence-corrected chi connectivity index (χ3v) is 5.33. The summed E-state index contributed by atoms with van der Waals surface area (Å²) in [6.45, 7) is 3.23. The van der Waals surface area contributed by atoms with Gasteiger partial charge in [-0.25, -0.2) is 4.98 Å². The number of likely N-dealkylation sites (N-methyl/N-ethyl adjacent to an activating group) is 2. The molecule has 0 radical (unpaired) electrons. The van der Waals surface area contributed by atoms with Crippen LogP contribution >= 0.6 is 11.3 Å². The van der Waals surface area contributed by atoms with Crippen LogP contribution < -0.4 is 0 Å². The summed E-state index contributed by atoms with van der Waals surface area (Å²) in [7, 11) is 4.31. The predicted octanol–water partition coefficient (Wildman–Crippen LogP) is 1.84. The molecule has 0 aliphatic carbocycles. The lowest BCUT2D eigenvalue weighted by Crippen LogP contribution is -2.51. The normalized spacial score (nSPS) is 22.7. The molecule has 2 atom stereocenters. The first-order chi connectivity index (χ1) is 10.1. The lowest BCUT2D eigenvalue weighted by Gasteiger charge is -2.38. The molecule has 0 saturated carbocycles. The number of aliphatic hydroxyl groups is 1. The summed E-state index contributed by atoms with van der Waals surface area (Å²) >= 11 is 1.69. The van der Waals surface area contributed by atoms with Crippen LogP contribution in [0.1, 0.15) is 11.4 Å². The Morgan fingerprint density at radius 3 is 2.95 bits per heavy atom. The molecule has 114 valence electrons. The quantitative estimate of drug-likeness (QED) is 0.935. The van der Waals surface area contributed by atoms with Gasteiger partial charge in [-0.05, 0) is 32.6 Å². The van der Waals surface area contributed by atoms with Crippen LogP contribution in [0.25, 0.3) is 10.2 Å². The molecule has 2 aromatic rings. The molecule has 2 unspecified atom stereocenters. The van der Waals surface area contributed by atoms with Gasteiger partial charge in [0.25, 0.3) is 0 Å². The highest BCUT2D eigenvalue weighted by Crippen LogP contribution is 2.23. The second-order valence-electron chi connectivity index (χ2n) is 6.07. The highest BCUT2D eigenvalue weighted by molar-refractivity contribution is 7.18. The van der Waals surface area contributed by atoms with Gasteiger partial charge in [-0.1, -0.05) is 12.1 Å². The van der Waals surface area contributed by atoms with Gasteiger partial charge >= 0.3 is 0 Å². The van der Waals surface area contributed by atoms with E-state index in [1.165, 1.54) is 4.70 Å². The number of hydrogen-bond donors (Lipinski definition) is 1. The molecular formula is C16H23N3OS. The number of aromatic nitrogens is 1. The van der Waals surface area contributed by atoms with Crippen LogP contribution in [-0.2, 0) is 6.42 Å². The van der Waals surface area contributed by atoms with E-state index in [0.717, 1.165) is 36.6 Å². The van der Waals surface area contributed by atoms with Crippen LogP contribution in [0.4, 0.5) is 0 Å². The van der Waals surface area contributed by atoms with Crippen molar-refractivity contribution in [1.29, 1.82) is 0 Å². The zero-order valence-electron chi connectivity index (χ0n) is 12.7. The number of aliphatic hydroxyl groups excluding tert-OH is 1. The van der Waals surface area contributed by atoms with Gasteiger partial charge in [-0.15, -0.1) is 11.3 Å². The Morgan fingerprint density at radius 2 is 2.14 bits per heavy atom. The van der Waals surface area contributed by atoms with Gasteiger partial charge in [0.2, 0.25) is 0 Å². The van der Waals surface area contributed by atoms with Gasteiger partial charge in [-0.2, -0.15) is 0 Å². The SMILES string of the molecule is CN1CCN(C)C(CC(O)Cc2nc3ccccc3s2)C1. The van der Waals surface area contributed by atoms with Crippen molar-refractivity contribution in [2.45, 2.75) is 25.0 Å². The van der Waals surface area contributed by atoms with Crippen molar-refractivity contribution >= 4 is 21.6 Å². The Kier molecular flexibility index (Phi) is 4.54. The van der Waals surface area contributed by atoms with Crippen molar-refractivity contribution in [3.63, 3.8) is 0 Å². The standard InChI is InChI=1S/C16H23N3OS/c1-18-7-8-19(2)12(11-18)9-13(20)10-16-17-14-5-3-4-6-15(14)21-16/h3-6,12-13,20H,7-11H2,1-2H3. The van der Waals surface area contributed by atoms with Crippen molar-refractivity contribution < 1.29 is 5.11 Å². The molecule has 5 heteroatoms. The number of benzene rings is 1. The number of thiazole rings is 1. The molecule has 1 saturated heterocycles. The van der Waals surface area contributed by atoms with Gasteiger partial charge < -0.3 is 14.9 Å². The summed E-state index contributed by atoms with van der Waals surface area (Å²) in [6, 6.07) is 8.61. The van der Waals surface area contributed by atoms with Gasteiger partial charge in [0, 0.05) is 32.1 Å². The Labute approximate surface area is 130 Å². The summed E-state index contributed by atoms with van der Waals surface area (Å²) in [6.07, 6.45) is 1.16. The molecule has 1 aliphatic heterocycles. The Hall–Kier alpha value is -1.01. The Bertz CT molecular complexity index is 567. The van der Waals surface area contributed by atoms with Gasteiger partial charge in [-0.3, -0.25) is 0 Å². The summed E-state index contributed by atoms with van der Waals surface area (Å²) in [4.78, 5) is 9.32. The van der Waals surface area contributed by atoms with Crippen LogP contribution in [0.5, 0.6) is 0 Å². The molecular weight excluding hydrogens is 282 g/mol. The number of piperazine rings is 1. The maximum atomic E-state index is 10.4. The molecule has 1 aromatic heterocycles. The van der Waals surface area contributed by atoms with Crippen molar-refractivity contribution in [3.05, 3.63) is 29.3 Å². The maximum absolute atomic E-state index is 10.4. The predicted molar refractivity (Wildman–Crippen MR) is 87.9 cm³/mol. The highest BCUT2D eigenvalue weighted by Gasteiger charge is 2.25. The minimum atomic E-state index is -0.315. The average molecular weight is 305 g/mol. The van der Waals surface area contributed by atoms with Crippen LogP contribution in [-0.4, -0.2) is 65.8 Å². The number of rotatable bonds is 4. The molecule has 1 N–H and O–H groups in total. The lowest BCUT2D eigenvalue weighted by molar-refractivity contribution is 0.0639. The largest absolute Gasteiger partial charge is 0.393 e. The third-order valence-electron chi connectivity index (χ3n) is 4.27. The van der Waals surface area contributed by atoms with Crippen molar-refractivity contribution in [1.82, 2.24) is 14.8 Å². The van der Waals surface area contributed by atoms with E-state index >= 15 is 0 Å². The summed E-state index contributed by atoms with van der Waals surface area (Å²) in [5.41, 5.74) is 1.04. The van der Waals surface area contributed by atoms with E-state index in [0.29, 0.717) is 12.5 Å². The summed E-state index contributed by atoms with van der Waals surface area (Å²) in [5, 5.41) is 11.4. The Balaban J connectivity index is 1.61. The molecule has 3 rings (SSSR count). The second kappa shape index (κ2) is 6.40. The smallest absolute Gasteiger partial charge is 0.0964 e. The minimum absolute atomic E-state index is 0.315. The molecule has 0 amide bonds. The van der Waals surface area contributed by atoms with E-state index in [4.69, 9.17) is 0 Å². The topological polar surface area (TPSA) is 39.6 Å². The van der Waals surface area contributed by atoms with E-state index in [1.54, 1.807) is 11.3 Å². The fraction of sp³-hybridized carbons (Fsp3) is 0.562. The number of para-hydroxylation sites is 1. The van der Waals surface area contributed by atoms with Crippen LogP contribution in [0, 0.1) is 0 Å². The fourth-order valence-electron chi connectivity index (χ4n) is 2.96. The van der Waals surface area contributed by atoms with E-state index in [-0.39, 0.29) is 6.10 Å². The molecule has 1 fully saturated rings. The van der Waals surface area contributed by atoms with Gasteiger partial charge in [0.15, 0.2) is 0 Å². The first-order valence-corrected chi connectivity index (χ1v) is 8.35.